The lowest BCUT2D eigenvalue weighted by atomic mass is 10.2. The number of benzene rings is 2. The van der Waals surface area contributed by atoms with E-state index in [1.165, 1.54) is 35.5 Å². The molecule has 2 aromatic rings. The summed E-state index contributed by atoms with van der Waals surface area (Å²) >= 11 is 0. The minimum absolute atomic E-state index is 0.0658. The quantitative estimate of drug-likeness (QED) is 0.755. The average molecular weight is 342 g/mol. The summed E-state index contributed by atoms with van der Waals surface area (Å²) in [6, 6.07) is 14.9. The van der Waals surface area contributed by atoms with Crippen molar-refractivity contribution in [1.29, 1.82) is 5.26 Å². The molecule has 24 heavy (non-hydrogen) atoms. The van der Waals surface area contributed by atoms with E-state index in [1.807, 2.05) is 25.1 Å². The van der Waals surface area contributed by atoms with Crippen LogP contribution in [0.15, 0.2) is 53.4 Å². The maximum Gasteiger partial charge on any atom is 0.264 e. The summed E-state index contributed by atoms with van der Waals surface area (Å²) in [5.74, 6) is -0.126. The van der Waals surface area contributed by atoms with Gasteiger partial charge in [-0.1, -0.05) is 29.8 Å². The second-order valence-electron chi connectivity index (χ2n) is 5.40. The molecule has 0 saturated heterocycles. The molecule has 0 aliphatic rings. The fourth-order valence-corrected chi connectivity index (χ4v) is 3.70. The molecule has 2 aromatic carbocycles. The van der Waals surface area contributed by atoms with E-state index < -0.39 is 10.0 Å². The number of hydrogen-bond acceptors (Lipinski definition) is 4. The minimum atomic E-state index is -3.81. The summed E-state index contributed by atoms with van der Waals surface area (Å²) in [5.41, 5.74) is 1.97. The lowest BCUT2D eigenvalue weighted by molar-refractivity contribution is 0.101. The average Bonchev–Trinajstić information content (AvgIpc) is 2.56. The predicted molar refractivity (Wildman–Crippen MR) is 92.4 cm³/mol. The molecule has 6 heteroatoms. The van der Waals surface area contributed by atoms with Crippen molar-refractivity contribution in [2.24, 2.45) is 0 Å². The zero-order valence-corrected chi connectivity index (χ0v) is 14.4. The molecule has 5 nitrogen and oxygen atoms in total. The number of aryl methyl sites for hydroxylation is 1. The standard InChI is InChI=1S/C18H18N2O3S/c1-14-4-8-17(9-5-14)20(13-3-12-19)24(22,23)18-10-6-16(7-11-18)15(2)21/h4-11H,3,13H2,1-2H3. The van der Waals surface area contributed by atoms with E-state index in [4.69, 9.17) is 5.26 Å². The number of carbonyl (C=O) groups is 1. The van der Waals surface area contributed by atoms with Gasteiger partial charge in [0.1, 0.15) is 0 Å². The summed E-state index contributed by atoms with van der Waals surface area (Å²) < 4.78 is 27.1. The maximum absolute atomic E-state index is 12.9. The Labute approximate surface area is 142 Å². The number of ketones is 1. The number of nitriles is 1. The van der Waals surface area contributed by atoms with E-state index in [0.29, 0.717) is 11.3 Å². The maximum atomic E-state index is 12.9. The Kier molecular flexibility index (Phi) is 5.37. The molecule has 0 spiro atoms. The van der Waals surface area contributed by atoms with Gasteiger partial charge in [-0.15, -0.1) is 0 Å². The highest BCUT2D eigenvalue weighted by Gasteiger charge is 2.24. The van der Waals surface area contributed by atoms with E-state index in [0.717, 1.165) is 5.56 Å². The van der Waals surface area contributed by atoms with Gasteiger partial charge in [0.05, 0.1) is 23.1 Å². The molecule has 0 unspecified atom stereocenters. The first-order chi connectivity index (χ1) is 11.4. The fraction of sp³-hybridized carbons (Fsp3) is 0.222. The third-order valence-electron chi connectivity index (χ3n) is 3.60. The summed E-state index contributed by atoms with van der Waals surface area (Å²) in [4.78, 5) is 11.4. The fourth-order valence-electron chi connectivity index (χ4n) is 2.24. The molecule has 0 radical (unpaired) electrons. The van der Waals surface area contributed by atoms with Gasteiger partial charge in [-0.25, -0.2) is 8.42 Å². The normalized spacial score (nSPS) is 10.9. The second-order valence-corrected chi connectivity index (χ2v) is 7.26. The largest absolute Gasteiger partial charge is 0.295 e. The lowest BCUT2D eigenvalue weighted by Crippen LogP contribution is -2.32. The van der Waals surface area contributed by atoms with Crippen molar-refractivity contribution >= 4 is 21.5 Å². The summed E-state index contributed by atoms with van der Waals surface area (Å²) in [5, 5.41) is 8.83. The van der Waals surface area contributed by atoms with Crippen molar-refractivity contribution in [1.82, 2.24) is 0 Å². The molecule has 0 N–H and O–H groups in total. The summed E-state index contributed by atoms with van der Waals surface area (Å²) in [7, 11) is -3.81. The van der Waals surface area contributed by atoms with Gasteiger partial charge in [0, 0.05) is 12.1 Å². The molecule has 0 heterocycles. The molecule has 0 amide bonds. The zero-order valence-electron chi connectivity index (χ0n) is 13.6. The van der Waals surface area contributed by atoms with Crippen LogP contribution < -0.4 is 4.31 Å². The van der Waals surface area contributed by atoms with Crippen LogP contribution in [0.25, 0.3) is 0 Å². The van der Waals surface area contributed by atoms with Gasteiger partial charge in [0.15, 0.2) is 5.78 Å². The van der Waals surface area contributed by atoms with Gasteiger partial charge in [0.2, 0.25) is 0 Å². The Balaban J connectivity index is 2.45. The first-order valence-corrected chi connectivity index (χ1v) is 8.87. The van der Waals surface area contributed by atoms with Gasteiger partial charge in [0.25, 0.3) is 10.0 Å². The number of rotatable bonds is 6. The van der Waals surface area contributed by atoms with Gasteiger partial charge in [-0.05, 0) is 38.1 Å². The molecular weight excluding hydrogens is 324 g/mol. The van der Waals surface area contributed by atoms with E-state index in [9.17, 15) is 13.2 Å². The van der Waals surface area contributed by atoms with Crippen LogP contribution >= 0.6 is 0 Å². The van der Waals surface area contributed by atoms with Crippen molar-refractivity contribution in [3.05, 3.63) is 59.7 Å². The zero-order chi connectivity index (χ0) is 17.7. The molecule has 0 aliphatic carbocycles. The van der Waals surface area contributed by atoms with E-state index in [-0.39, 0.29) is 23.6 Å². The summed E-state index contributed by atoms with van der Waals surface area (Å²) in [6.07, 6.45) is 0.0820. The first kappa shape index (κ1) is 17.7. The number of nitrogens with zero attached hydrogens (tertiary/aromatic N) is 2. The smallest absolute Gasteiger partial charge is 0.264 e. The highest BCUT2D eigenvalue weighted by molar-refractivity contribution is 7.92. The van der Waals surface area contributed by atoms with Gasteiger partial charge >= 0.3 is 0 Å². The van der Waals surface area contributed by atoms with Crippen LogP contribution in [0.1, 0.15) is 29.3 Å². The number of hydrogen-bond donors (Lipinski definition) is 0. The lowest BCUT2D eigenvalue weighted by Gasteiger charge is -2.23. The number of carbonyl (C=O) groups excluding carboxylic acids is 1. The SMILES string of the molecule is CC(=O)c1ccc(S(=O)(=O)N(CCC#N)c2ccc(C)cc2)cc1. The Bertz CT molecular complexity index is 864. The van der Waals surface area contributed by atoms with Crippen LogP contribution in [-0.2, 0) is 10.0 Å². The van der Waals surface area contributed by atoms with Gasteiger partial charge in [-0.2, -0.15) is 5.26 Å². The molecule has 2 rings (SSSR count). The van der Waals surface area contributed by atoms with Crippen LogP contribution in [0.5, 0.6) is 0 Å². The molecule has 0 atom stereocenters. The number of Topliss-reactive ketones (excluding diaryl/α,β-unsaturated/α-hetero) is 1. The minimum Gasteiger partial charge on any atom is -0.295 e. The van der Waals surface area contributed by atoms with Gasteiger partial charge < -0.3 is 0 Å². The van der Waals surface area contributed by atoms with Crippen molar-refractivity contribution in [2.45, 2.75) is 25.2 Å². The van der Waals surface area contributed by atoms with Gasteiger partial charge in [-0.3, -0.25) is 9.10 Å². The van der Waals surface area contributed by atoms with Crippen molar-refractivity contribution in [3.8, 4) is 6.07 Å². The Morgan fingerprint density at radius 3 is 2.17 bits per heavy atom. The van der Waals surface area contributed by atoms with Crippen molar-refractivity contribution < 1.29 is 13.2 Å². The highest BCUT2D eigenvalue weighted by atomic mass is 32.2. The third-order valence-corrected chi connectivity index (χ3v) is 5.44. The number of sulfonamides is 1. The molecule has 0 fully saturated rings. The van der Waals surface area contributed by atoms with Crippen LogP contribution in [0.4, 0.5) is 5.69 Å². The molecule has 0 saturated carbocycles. The highest BCUT2D eigenvalue weighted by Crippen LogP contribution is 2.24. The predicted octanol–water partition coefficient (Wildman–Crippen LogP) is 3.31. The molecular formula is C18H18N2O3S. The Morgan fingerprint density at radius 2 is 1.67 bits per heavy atom. The Hall–Kier alpha value is -2.65. The van der Waals surface area contributed by atoms with E-state index in [1.54, 1.807) is 12.1 Å². The van der Waals surface area contributed by atoms with Crippen LogP contribution in [0, 0.1) is 18.3 Å². The first-order valence-electron chi connectivity index (χ1n) is 7.43. The third kappa shape index (κ3) is 3.81. The van der Waals surface area contributed by atoms with Crippen LogP contribution in [0.3, 0.4) is 0 Å². The van der Waals surface area contributed by atoms with E-state index in [2.05, 4.69) is 0 Å². The summed E-state index contributed by atoms with van der Waals surface area (Å²) in [6.45, 7) is 3.41. The van der Waals surface area contributed by atoms with Crippen molar-refractivity contribution in [2.75, 3.05) is 10.8 Å². The van der Waals surface area contributed by atoms with Crippen LogP contribution in [0.2, 0.25) is 0 Å². The Morgan fingerprint density at radius 1 is 1.08 bits per heavy atom. The topological polar surface area (TPSA) is 78.2 Å². The van der Waals surface area contributed by atoms with Crippen molar-refractivity contribution in [3.63, 3.8) is 0 Å². The van der Waals surface area contributed by atoms with Crippen LogP contribution in [-0.4, -0.2) is 20.7 Å². The molecule has 0 bridgehead atoms. The van der Waals surface area contributed by atoms with E-state index >= 15 is 0 Å². The molecule has 0 aromatic heterocycles. The molecule has 124 valence electrons. The second kappa shape index (κ2) is 7.28. The molecule has 0 aliphatic heterocycles. The monoisotopic (exact) mass is 342 g/mol. The number of anilines is 1.